The largest absolute Gasteiger partial charge is 0.363 e. The maximum absolute atomic E-state index is 12.3. The number of hydrogen-bond acceptors (Lipinski definition) is 2. The highest BCUT2D eigenvalue weighted by Gasteiger charge is 2.68. The monoisotopic (exact) mass is 222 g/mol. The smallest absolute Gasteiger partial charge is 0.165 e. The summed E-state index contributed by atoms with van der Waals surface area (Å²) >= 11 is 0. The highest BCUT2D eigenvalue weighted by Crippen LogP contribution is 2.64. The molecule has 2 nitrogen and oxygen atoms in total. The minimum atomic E-state index is -0.384. The molecule has 0 aromatic heterocycles. The molecule has 3 fully saturated rings. The van der Waals surface area contributed by atoms with Crippen molar-refractivity contribution in [3.8, 4) is 0 Å². The first kappa shape index (κ1) is 10.8. The van der Waals surface area contributed by atoms with Gasteiger partial charge in [0.05, 0.1) is 6.10 Å². The second-order valence-electron chi connectivity index (χ2n) is 6.54. The molecule has 0 aromatic rings. The lowest BCUT2D eigenvalue weighted by Crippen LogP contribution is -2.50. The Labute approximate surface area is 97.7 Å². The van der Waals surface area contributed by atoms with Crippen LogP contribution in [-0.4, -0.2) is 17.5 Å². The molecule has 90 valence electrons. The Kier molecular flexibility index (Phi) is 2.08. The molecule has 2 bridgehead atoms. The topological polar surface area (TPSA) is 26.3 Å². The van der Waals surface area contributed by atoms with Crippen LogP contribution in [0.4, 0.5) is 0 Å². The van der Waals surface area contributed by atoms with Gasteiger partial charge in [0.1, 0.15) is 5.60 Å². The molecule has 2 heteroatoms. The first-order valence-corrected chi connectivity index (χ1v) is 6.71. The first-order chi connectivity index (χ1) is 7.49. The van der Waals surface area contributed by atoms with Crippen LogP contribution in [0, 0.1) is 17.3 Å². The predicted octanol–water partition coefficient (Wildman–Crippen LogP) is 2.95. The Hall–Kier alpha value is -0.370. The summed E-state index contributed by atoms with van der Waals surface area (Å²) in [6, 6.07) is 0. The third-order valence-corrected chi connectivity index (χ3v) is 5.52. The van der Waals surface area contributed by atoms with Crippen molar-refractivity contribution in [3.05, 3.63) is 0 Å². The number of rotatable bonds is 1. The van der Waals surface area contributed by atoms with Gasteiger partial charge in [-0.1, -0.05) is 20.8 Å². The fourth-order valence-corrected chi connectivity index (χ4v) is 4.82. The van der Waals surface area contributed by atoms with Crippen LogP contribution in [-0.2, 0) is 9.53 Å². The van der Waals surface area contributed by atoms with E-state index in [1.807, 2.05) is 0 Å². The zero-order valence-electron chi connectivity index (χ0n) is 10.6. The van der Waals surface area contributed by atoms with Gasteiger partial charge in [-0.05, 0) is 37.5 Å². The standard InChI is InChI=1S/C14H22O2/c1-9(2)11-6-7-14-12(15)5-4-10(16-14)8-13(11,14)3/h9-11H,4-8H2,1-3H3/t10-,11+,13+,14+/m0/s1. The van der Waals surface area contributed by atoms with Crippen molar-refractivity contribution in [2.45, 2.75) is 64.6 Å². The van der Waals surface area contributed by atoms with Crippen LogP contribution in [0.5, 0.6) is 0 Å². The second-order valence-corrected chi connectivity index (χ2v) is 6.54. The third-order valence-electron chi connectivity index (χ3n) is 5.52. The highest BCUT2D eigenvalue weighted by atomic mass is 16.5. The molecule has 3 rings (SSSR count). The number of hydrogen-bond donors (Lipinski definition) is 0. The summed E-state index contributed by atoms with van der Waals surface area (Å²) in [5, 5.41) is 0. The van der Waals surface area contributed by atoms with Crippen LogP contribution < -0.4 is 0 Å². The van der Waals surface area contributed by atoms with E-state index in [2.05, 4.69) is 20.8 Å². The van der Waals surface area contributed by atoms with Crippen LogP contribution in [0.25, 0.3) is 0 Å². The summed E-state index contributed by atoms with van der Waals surface area (Å²) in [6.45, 7) is 6.90. The molecule has 4 atom stereocenters. The van der Waals surface area contributed by atoms with E-state index >= 15 is 0 Å². The summed E-state index contributed by atoms with van der Waals surface area (Å²) in [6.07, 6.45) is 5.34. The molecule has 16 heavy (non-hydrogen) atoms. The summed E-state index contributed by atoms with van der Waals surface area (Å²) in [7, 11) is 0. The van der Waals surface area contributed by atoms with E-state index in [1.165, 1.54) is 6.42 Å². The van der Waals surface area contributed by atoms with Crippen LogP contribution in [0.3, 0.4) is 0 Å². The van der Waals surface area contributed by atoms with Crippen LogP contribution >= 0.6 is 0 Å². The lowest BCUT2D eigenvalue weighted by molar-refractivity contribution is -0.159. The molecule has 0 amide bonds. The lowest BCUT2D eigenvalue weighted by Gasteiger charge is -2.40. The Morgan fingerprint density at radius 2 is 2.12 bits per heavy atom. The average molecular weight is 222 g/mol. The fourth-order valence-electron chi connectivity index (χ4n) is 4.82. The molecule has 0 N–H and O–H groups in total. The Bertz CT molecular complexity index is 336. The van der Waals surface area contributed by atoms with E-state index in [9.17, 15) is 4.79 Å². The van der Waals surface area contributed by atoms with Crippen molar-refractivity contribution in [1.82, 2.24) is 0 Å². The van der Waals surface area contributed by atoms with Gasteiger partial charge in [-0.3, -0.25) is 4.79 Å². The van der Waals surface area contributed by atoms with E-state index in [4.69, 9.17) is 4.74 Å². The van der Waals surface area contributed by atoms with Crippen molar-refractivity contribution >= 4 is 5.78 Å². The van der Waals surface area contributed by atoms with Gasteiger partial charge in [0.15, 0.2) is 5.78 Å². The number of ether oxygens (including phenoxy) is 1. The van der Waals surface area contributed by atoms with E-state index in [-0.39, 0.29) is 11.0 Å². The second kappa shape index (κ2) is 3.10. The molecule has 1 spiro atoms. The molecule has 0 aromatic carbocycles. The molecular formula is C14H22O2. The van der Waals surface area contributed by atoms with Crippen molar-refractivity contribution in [2.75, 3.05) is 0 Å². The van der Waals surface area contributed by atoms with Gasteiger partial charge in [0.25, 0.3) is 0 Å². The first-order valence-electron chi connectivity index (χ1n) is 6.71. The summed E-state index contributed by atoms with van der Waals surface area (Å²) < 4.78 is 6.15. The fraction of sp³-hybridized carbons (Fsp3) is 0.929. The minimum absolute atomic E-state index is 0.124. The number of carbonyl (C=O) groups excluding carboxylic acids is 1. The third kappa shape index (κ3) is 1.04. The summed E-state index contributed by atoms with van der Waals surface area (Å²) in [4.78, 5) is 12.3. The normalized spacial score (nSPS) is 51.1. The Morgan fingerprint density at radius 1 is 1.38 bits per heavy atom. The Balaban J connectivity index is 2.04. The maximum atomic E-state index is 12.3. The lowest BCUT2D eigenvalue weighted by atomic mass is 9.66. The minimum Gasteiger partial charge on any atom is -0.363 e. The highest BCUT2D eigenvalue weighted by molar-refractivity contribution is 5.90. The van der Waals surface area contributed by atoms with E-state index in [0.29, 0.717) is 23.7 Å². The van der Waals surface area contributed by atoms with E-state index in [1.54, 1.807) is 0 Å². The van der Waals surface area contributed by atoms with E-state index < -0.39 is 0 Å². The van der Waals surface area contributed by atoms with Crippen molar-refractivity contribution in [3.63, 3.8) is 0 Å². The number of ketones is 1. The number of carbonyl (C=O) groups is 1. The molecule has 0 unspecified atom stereocenters. The molecule has 2 saturated heterocycles. The van der Waals surface area contributed by atoms with Gasteiger partial charge in [0, 0.05) is 11.8 Å². The molecule has 2 aliphatic heterocycles. The molecule has 3 aliphatic rings. The summed E-state index contributed by atoms with van der Waals surface area (Å²) in [5.41, 5.74) is -0.260. The zero-order valence-corrected chi connectivity index (χ0v) is 10.6. The van der Waals surface area contributed by atoms with Crippen LogP contribution in [0.15, 0.2) is 0 Å². The number of Topliss-reactive ketones (excluding diaryl/α,β-unsaturated/α-hetero) is 1. The van der Waals surface area contributed by atoms with Crippen molar-refractivity contribution in [1.29, 1.82) is 0 Å². The van der Waals surface area contributed by atoms with Crippen LogP contribution in [0.2, 0.25) is 0 Å². The van der Waals surface area contributed by atoms with Gasteiger partial charge in [-0.2, -0.15) is 0 Å². The van der Waals surface area contributed by atoms with Crippen molar-refractivity contribution < 1.29 is 9.53 Å². The van der Waals surface area contributed by atoms with Gasteiger partial charge in [-0.25, -0.2) is 0 Å². The molecule has 2 heterocycles. The quantitative estimate of drug-likeness (QED) is 0.682. The zero-order chi connectivity index (χ0) is 11.6. The van der Waals surface area contributed by atoms with Gasteiger partial charge in [0.2, 0.25) is 0 Å². The van der Waals surface area contributed by atoms with E-state index in [0.717, 1.165) is 25.7 Å². The molecular weight excluding hydrogens is 200 g/mol. The van der Waals surface area contributed by atoms with Gasteiger partial charge >= 0.3 is 0 Å². The van der Waals surface area contributed by atoms with Gasteiger partial charge in [-0.15, -0.1) is 0 Å². The average Bonchev–Trinajstić information content (AvgIpc) is 2.59. The maximum Gasteiger partial charge on any atom is 0.165 e. The van der Waals surface area contributed by atoms with Crippen LogP contribution in [0.1, 0.15) is 52.9 Å². The summed E-state index contributed by atoms with van der Waals surface area (Å²) in [5.74, 6) is 1.73. The Morgan fingerprint density at radius 3 is 2.81 bits per heavy atom. The molecule has 1 aliphatic carbocycles. The molecule has 0 radical (unpaired) electrons. The molecule has 1 saturated carbocycles. The number of fused-ring (bicyclic) bond motifs is 1. The van der Waals surface area contributed by atoms with Crippen molar-refractivity contribution in [2.24, 2.45) is 17.3 Å². The van der Waals surface area contributed by atoms with Gasteiger partial charge < -0.3 is 4.74 Å². The SMILES string of the molecule is CC(C)[C@H]1CC[C@@]23O[C@@H](CCC2=O)C[C@]13C. The predicted molar refractivity (Wildman–Crippen MR) is 62.1 cm³/mol.